The fourth-order valence-corrected chi connectivity index (χ4v) is 3.85. The molecule has 0 fully saturated rings. The van der Waals surface area contributed by atoms with Crippen LogP contribution >= 0.6 is 11.6 Å². The molecule has 1 aliphatic rings. The minimum atomic E-state index is -0.0853. The first-order valence-electron chi connectivity index (χ1n) is 8.38. The quantitative estimate of drug-likeness (QED) is 0.570. The Hall–Kier alpha value is -1.80. The Morgan fingerprint density at radius 1 is 1.09 bits per heavy atom. The number of alkyl halides is 1. The molecule has 0 saturated carbocycles. The van der Waals surface area contributed by atoms with Gasteiger partial charge in [-0.3, -0.25) is 0 Å². The molecule has 1 unspecified atom stereocenters. The lowest BCUT2D eigenvalue weighted by Crippen LogP contribution is -2.03. The monoisotopic (exact) mass is 324 g/mol. The van der Waals surface area contributed by atoms with Crippen molar-refractivity contribution in [3.05, 3.63) is 58.9 Å². The van der Waals surface area contributed by atoms with Crippen molar-refractivity contribution in [1.82, 2.24) is 9.38 Å². The molecule has 2 aromatic heterocycles. The number of imidazole rings is 1. The van der Waals surface area contributed by atoms with Crippen LogP contribution in [0.15, 0.2) is 36.5 Å². The maximum Gasteiger partial charge on any atom is 0.137 e. The maximum absolute atomic E-state index is 6.51. The van der Waals surface area contributed by atoms with Gasteiger partial charge < -0.3 is 4.40 Å². The minimum absolute atomic E-state index is 0.0853. The predicted octanol–water partition coefficient (Wildman–Crippen LogP) is 5.49. The van der Waals surface area contributed by atoms with Crippen LogP contribution in [0.1, 0.15) is 47.5 Å². The van der Waals surface area contributed by atoms with E-state index in [1.165, 1.54) is 47.9 Å². The highest BCUT2D eigenvalue weighted by Crippen LogP contribution is 2.34. The van der Waals surface area contributed by atoms with E-state index in [0.29, 0.717) is 0 Å². The third-order valence-electron chi connectivity index (χ3n) is 4.80. The Morgan fingerprint density at radius 2 is 1.87 bits per heavy atom. The van der Waals surface area contributed by atoms with Crippen molar-refractivity contribution in [2.75, 3.05) is 0 Å². The highest BCUT2D eigenvalue weighted by Gasteiger charge is 2.19. The zero-order valence-electron chi connectivity index (χ0n) is 13.6. The summed E-state index contributed by atoms with van der Waals surface area (Å²) in [5.74, 6) is 0. The Bertz CT molecular complexity index is 877. The van der Waals surface area contributed by atoms with Crippen LogP contribution in [0, 0.1) is 6.92 Å². The number of fused-ring (bicyclic) bond motifs is 2. The number of benzene rings is 1. The average Bonchev–Trinajstić information content (AvgIpc) is 2.93. The predicted molar refractivity (Wildman–Crippen MR) is 96.3 cm³/mol. The van der Waals surface area contributed by atoms with Gasteiger partial charge in [-0.15, -0.1) is 11.6 Å². The first-order valence-corrected chi connectivity index (χ1v) is 8.82. The van der Waals surface area contributed by atoms with Gasteiger partial charge in [-0.05, 0) is 68.4 Å². The fourth-order valence-electron chi connectivity index (χ4n) is 3.64. The van der Waals surface area contributed by atoms with Crippen molar-refractivity contribution in [2.45, 2.75) is 44.9 Å². The number of aromatic nitrogens is 2. The Morgan fingerprint density at radius 3 is 2.65 bits per heavy atom. The Balaban J connectivity index is 1.93. The Kier molecular flexibility index (Phi) is 3.65. The van der Waals surface area contributed by atoms with Crippen molar-refractivity contribution in [3.63, 3.8) is 0 Å². The molecule has 4 rings (SSSR count). The molecule has 1 aliphatic carbocycles. The first-order chi connectivity index (χ1) is 11.1. The molecular weight excluding hydrogens is 304 g/mol. The van der Waals surface area contributed by atoms with E-state index in [-0.39, 0.29) is 5.38 Å². The van der Waals surface area contributed by atoms with Gasteiger partial charge in [-0.25, -0.2) is 4.98 Å². The van der Waals surface area contributed by atoms with Crippen molar-refractivity contribution in [3.8, 4) is 11.3 Å². The summed E-state index contributed by atoms with van der Waals surface area (Å²) in [6.07, 6.45) is 7.11. The van der Waals surface area contributed by atoms with Gasteiger partial charge in [0.15, 0.2) is 0 Å². The number of aryl methyl sites for hydroxylation is 3. The largest absolute Gasteiger partial charge is 0.302 e. The summed E-state index contributed by atoms with van der Waals surface area (Å²) in [7, 11) is 0. The van der Waals surface area contributed by atoms with Crippen LogP contribution in [0.2, 0.25) is 0 Å². The van der Waals surface area contributed by atoms with Gasteiger partial charge in [-0.1, -0.05) is 18.2 Å². The summed E-state index contributed by atoms with van der Waals surface area (Å²) in [6, 6.07) is 11.0. The molecule has 3 aromatic rings. The molecule has 23 heavy (non-hydrogen) atoms. The molecule has 0 radical (unpaired) electrons. The fraction of sp³-hybridized carbons (Fsp3) is 0.350. The van der Waals surface area contributed by atoms with E-state index in [1.54, 1.807) is 0 Å². The molecule has 2 nitrogen and oxygen atoms in total. The van der Waals surface area contributed by atoms with Gasteiger partial charge in [0.1, 0.15) is 5.65 Å². The van der Waals surface area contributed by atoms with E-state index in [1.807, 2.05) is 6.92 Å². The second kappa shape index (κ2) is 5.68. The van der Waals surface area contributed by atoms with Crippen LogP contribution in [0.3, 0.4) is 0 Å². The van der Waals surface area contributed by atoms with E-state index in [2.05, 4.69) is 47.9 Å². The lowest BCUT2D eigenvalue weighted by atomic mass is 9.89. The second-order valence-corrected chi connectivity index (χ2v) is 7.24. The molecular formula is C20H21ClN2. The van der Waals surface area contributed by atoms with E-state index in [4.69, 9.17) is 16.6 Å². The zero-order valence-corrected chi connectivity index (χ0v) is 14.4. The Labute approximate surface area is 142 Å². The average molecular weight is 325 g/mol. The second-order valence-electron chi connectivity index (χ2n) is 6.59. The minimum Gasteiger partial charge on any atom is -0.302 e. The zero-order chi connectivity index (χ0) is 16.0. The van der Waals surface area contributed by atoms with Crippen LogP contribution < -0.4 is 0 Å². The number of nitrogens with zero attached hydrogens (tertiary/aromatic N) is 2. The molecule has 0 saturated heterocycles. The number of rotatable bonds is 2. The van der Waals surface area contributed by atoms with E-state index in [0.717, 1.165) is 17.0 Å². The lowest BCUT2D eigenvalue weighted by Gasteiger charge is -2.16. The van der Waals surface area contributed by atoms with E-state index >= 15 is 0 Å². The molecule has 2 heterocycles. The summed E-state index contributed by atoms with van der Waals surface area (Å²) < 4.78 is 2.14. The smallest absolute Gasteiger partial charge is 0.137 e. The molecule has 3 heteroatoms. The number of hydrogen-bond donors (Lipinski definition) is 0. The third kappa shape index (κ3) is 2.55. The normalized spacial score (nSPS) is 15.6. The van der Waals surface area contributed by atoms with Crippen molar-refractivity contribution >= 4 is 17.2 Å². The van der Waals surface area contributed by atoms with Gasteiger partial charge in [0.25, 0.3) is 0 Å². The van der Waals surface area contributed by atoms with Gasteiger partial charge in [0.05, 0.1) is 16.8 Å². The van der Waals surface area contributed by atoms with E-state index in [9.17, 15) is 0 Å². The standard InChI is InChI=1S/C20H21ClN2/c1-13-7-10-18-22-19(20(14(2)21)23(18)12-13)17-9-8-15-5-3-4-6-16(15)11-17/h7-12,14H,3-6H2,1-2H3. The van der Waals surface area contributed by atoms with Crippen molar-refractivity contribution in [2.24, 2.45) is 0 Å². The highest BCUT2D eigenvalue weighted by atomic mass is 35.5. The third-order valence-corrected chi connectivity index (χ3v) is 5.01. The number of halogens is 1. The van der Waals surface area contributed by atoms with Gasteiger partial charge >= 0.3 is 0 Å². The van der Waals surface area contributed by atoms with Gasteiger partial charge in [-0.2, -0.15) is 0 Å². The highest BCUT2D eigenvalue weighted by molar-refractivity contribution is 6.20. The number of pyridine rings is 1. The van der Waals surface area contributed by atoms with Crippen LogP contribution in [0.25, 0.3) is 16.9 Å². The summed E-state index contributed by atoms with van der Waals surface area (Å²) in [4.78, 5) is 4.87. The first kappa shape index (κ1) is 14.8. The summed E-state index contributed by atoms with van der Waals surface area (Å²) in [6.45, 7) is 4.12. The molecule has 0 amide bonds. The van der Waals surface area contributed by atoms with Crippen molar-refractivity contribution < 1.29 is 0 Å². The molecule has 0 spiro atoms. The summed E-state index contributed by atoms with van der Waals surface area (Å²) >= 11 is 6.51. The van der Waals surface area contributed by atoms with Gasteiger partial charge in [0.2, 0.25) is 0 Å². The molecule has 1 atom stereocenters. The van der Waals surface area contributed by atoms with Gasteiger partial charge in [0, 0.05) is 11.8 Å². The summed E-state index contributed by atoms with van der Waals surface area (Å²) in [5.41, 5.74) is 8.45. The number of hydrogen-bond acceptors (Lipinski definition) is 1. The van der Waals surface area contributed by atoms with E-state index < -0.39 is 0 Å². The molecule has 0 bridgehead atoms. The van der Waals surface area contributed by atoms with Crippen LogP contribution in [0.4, 0.5) is 0 Å². The molecule has 118 valence electrons. The molecule has 0 N–H and O–H groups in total. The SMILES string of the molecule is Cc1ccc2nc(-c3ccc4c(c3)CCCC4)c(C(C)Cl)n2c1. The lowest BCUT2D eigenvalue weighted by molar-refractivity contribution is 0.686. The molecule has 0 aliphatic heterocycles. The van der Waals surface area contributed by atoms with Crippen LogP contribution in [0.5, 0.6) is 0 Å². The maximum atomic E-state index is 6.51. The van der Waals surface area contributed by atoms with Crippen molar-refractivity contribution in [1.29, 1.82) is 0 Å². The van der Waals surface area contributed by atoms with Crippen LogP contribution in [-0.2, 0) is 12.8 Å². The van der Waals surface area contributed by atoms with Crippen LogP contribution in [-0.4, -0.2) is 9.38 Å². The molecule has 1 aromatic carbocycles. The summed E-state index contributed by atoms with van der Waals surface area (Å²) in [5, 5.41) is -0.0853. The topological polar surface area (TPSA) is 17.3 Å².